The maximum Gasteiger partial charge on any atom is 0.342 e. The van der Waals surface area contributed by atoms with Crippen molar-refractivity contribution in [1.82, 2.24) is 0 Å². The summed E-state index contributed by atoms with van der Waals surface area (Å²) in [4.78, 5) is 24.9. The van der Waals surface area contributed by atoms with Gasteiger partial charge in [0.1, 0.15) is 11.3 Å². The monoisotopic (exact) mass is 383 g/mol. The van der Waals surface area contributed by atoms with Gasteiger partial charge in [0.15, 0.2) is 6.10 Å². The smallest absolute Gasteiger partial charge is 0.342 e. The van der Waals surface area contributed by atoms with Gasteiger partial charge in [-0.25, -0.2) is 4.79 Å². The molecule has 0 aromatic heterocycles. The zero-order valence-electron chi connectivity index (χ0n) is 14.9. The molecule has 0 bridgehead atoms. The summed E-state index contributed by atoms with van der Waals surface area (Å²) in [5.41, 5.74) is 0.789. The lowest BCUT2D eigenvalue weighted by Crippen LogP contribution is -2.30. The summed E-state index contributed by atoms with van der Waals surface area (Å²) in [5.74, 6) is -0.696. The molecule has 0 radical (unpaired) electrons. The minimum absolute atomic E-state index is 0.263. The van der Waals surface area contributed by atoms with Gasteiger partial charge in [0.05, 0.1) is 7.11 Å². The third-order valence-corrected chi connectivity index (χ3v) is 4.27. The van der Waals surface area contributed by atoms with Crippen molar-refractivity contribution in [3.8, 4) is 5.75 Å². The first-order valence-corrected chi connectivity index (χ1v) is 8.70. The Morgan fingerprint density at radius 1 is 1.00 bits per heavy atom. The molecular formula is C21H18ClNO4. The largest absolute Gasteiger partial charge is 0.496 e. The maximum atomic E-state index is 12.6. The molecule has 1 amide bonds. The maximum absolute atomic E-state index is 12.6. The number of rotatable bonds is 5. The van der Waals surface area contributed by atoms with Crippen LogP contribution in [0.25, 0.3) is 10.8 Å². The highest BCUT2D eigenvalue weighted by molar-refractivity contribution is 6.30. The second-order valence-electron chi connectivity index (χ2n) is 5.95. The fourth-order valence-corrected chi connectivity index (χ4v) is 2.83. The number of amides is 1. The number of carbonyl (C=O) groups excluding carboxylic acids is 2. The van der Waals surface area contributed by atoms with Crippen molar-refractivity contribution in [2.24, 2.45) is 0 Å². The van der Waals surface area contributed by atoms with Crippen molar-refractivity contribution in [2.45, 2.75) is 13.0 Å². The number of nitrogens with one attached hydrogen (secondary N) is 1. The van der Waals surface area contributed by atoms with Gasteiger partial charge in [0.25, 0.3) is 5.91 Å². The quantitative estimate of drug-likeness (QED) is 0.649. The van der Waals surface area contributed by atoms with E-state index >= 15 is 0 Å². The fraction of sp³-hybridized carbons (Fsp3) is 0.143. The topological polar surface area (TPSA) is 64.6 Å². The molecular weight excluding hydrogens is 366 g/mol. The summed E-state index contributed by atoms with van der Waals surface area (Å²) in [6.07, 6.45) is -0.993. The van der Waals surface area contributed by atoms with Crippen LogP contribution in [-0.4, -0.2) is 25.1 Å². The van der Waals surface area contributed by atoms with E-state index in [1.165, 1.54) is 14.0 Å². The van der Waals surface area contributed by atoms with Gasteiger partial charge >= 0.3 is 5.97 Å². The van der Waals surface area contributed by atoms with Crippen LogP contribution in [-0.2, 0) is 9.53 Å². The molecule has 3 rings (SSSR count). The molecule has 5 nitrogen and oxygen atoms in total. The Bertz CT molecular complexity index is 1000. The van der Waals surface area contributed by atoms with E-state index in [0.717, 1.165) is 10.8 Å². The minimum Gasteiger partial charge on any atom is -0.496 e. The molecule has 6 heteroatoms. The number of hydrogen-bond acceptors (Lipinski definition) is 4. The lowest BCUT2D eigenvalue weighted by molar-refractivity contribution is -0.123. The normalized spacial score (nSPS) is 11.7. The summed E-state index contributed by atoms with van der Waals surface area (Å²) < 4.78 is 10.6. The fourth-order valence-electron chi connectivity index (χ4n) is 2.64. The van der Waals surface area contributed by atoms with Crippen molar-refractivity contribution in [2.75, 3.05) is 12.4 Å². The van der Waals surface area contributed by atoms with Gasteiger partial charge in [-0.05, 0) is 48.0 Å². The van der Waals surface area contributed by atoms with Gasteiger partial charge < -0.3 is 14.8 Å². The van der Waals surface area contributed by atoms with Gasteiger partial charge in [-0.1, -0.05) is 41.9 Å². The third-order valence-electron chi connectivity index (χ3n) is 4.03. The molecule has 0 saturated carbocycles. The van der Waals surface area contributed by atoms with Crippen LogP contribution in [0.4, 0.5) is 5.69 Å². The van der Waals surface area contributed by atoms with Crippen LogP contribution in [0.15, 0.2) is 60.7 Å². The van der Waals surface area contributed by atoms with E-state index in [2.05, 4.69) is 5.32 Å². The van der Waals surface area contributed by atoms with E-state index in [-0.39, 0.29) is 5.56 Å². The summed E-state index contributed by atoms with van der Waals surface area (Å²) in [6.45, 7) is 1.51. The van der Waals surface area contributed by atoms with Gasteiger partial charge in [-0.2, -0.15) is 0 Å². The molecule has 1 N–H and O–H groups in total. The summed E-state index contributed by atoms with van der Waals surface area (Å²) >= 11 is 5.90. The lowest BCUT2D eigenvalue weighted by Gasteiger charge is -2.15. The van der Waals surface area contributed by atoms with Crippen LogP contribution in [0, 0.1) is 0 Å². The van der Waals surface area contributed by atoms with E-state index in [1.807, 2.05) is 24.3 Å². The second kappa shape index (κ2) is 8.10. The zero-order chi connectivity index (χ0) is 19.4. The lowest BCUT2D eigenvalue weighted by atomic mass is 10.1. The minimum atomic E-state index is -0.993. The Morgan fingerprint density at radius 2 is 1.70 bits per heavy atom. The number of esters is 1. The van der Waals surface area contributed by atoms with E-state index in [9.17, 15) is 9.59 Å². The Balaban J connectivity index is 1.76. The molecule has 3 aromatic rings. The highest BCUT2D eigenvalue weighted by Crippen LogP contribution is 2.27. The van der Waals surface area contributed by atoms with Crippen LogP contribution < -0.4 is 10.1 Å². The molecule has 138 valence electrons. The predicted molar refractivity (Wildman–Crippen MR) is 105 cm³/mol. The van der Waals surface area contributed by atoms with Crippen molar-refractivity contribution >= 4 is 39.9 Å². The summed E-state index contributed by atoms with van der Waals surface area (Å²) in [5, 5.41) is 4.98. The number of fused-ring (bicyclic) bond motifs is 1. The average Bonchev–Trinajstić information content (AvgIpc) is 2.66. The second-order valence-corrected chi connectivity index (χ2v) is 6.38. The molecule has 1 atom stereocenters. The first kappa shape index (κ1) is 18.7. The van der Waals surface area contributed by atoms with E-state index < -0.39 is 18.0 Å². The van der Waals surface area contributed by atoms with Crippen LogP contribution in [0.1, 0.15) is 17.3 Å². The van der Waals surface area contributed by atoms with Crippen molar-refractivity contribution < 1.29 is 19.1 Å². The van der Waals surface area contributed by atoms with E-state index in [4.69, 9.17) is 21.1 Å². The number of benzene rings is 3. The van der Waals surface area contributed by atoms with E-state index in [1.54, 1.807) is 36.4 Å². The Morgan fingerprint density at radius 3 is 2.37 bits per heavy atom. The van der Waals surface area contributed by atoms with Gasteiger partial charge in [0, 0.05) is 10.7 Å². The number of hydrogen-bond donors (Lipinski definition) is 1. The molecule has 0 fully saturated rings. The Labute approximate surface area is 161 Å². The van der Waals surface area contributed by atoms with Crippen molar-refractivity contribution in [1.29, 1.82) is 0 Å². The number of halogens is 1. The Kier molecular flexibility index (Phi) is 5.62. The zero-order valence-corrected chi connectivity index (χ0v) is 15.6. The first-order chi connectivity index (χ1) is 13.0. The molecule has 3 aromatic carbocycles. The predicted octanol–water partition coefficient (Wildman–Crippen LogP) is 4.69. The average molecular weight is 384 g/mol. The Hall–Kier alpha value is -3.05. The van der Waals surface area contributed by atoms with Crippen LogP contribution in [0.3, 0.4) is 0 Å². The number of anilines is 1. The van der Waals surface area contributed by atoms with Gasteiger partial charge in [0.2, 0.25) is 0 Å². The molecule has 0 aliphatic rings. The van der Waals surface area contributed by atoms with Crippen LogP contribution >= 0.6 is 11.6 Å². The summed E-state index contributed by atoms with van der Waals surface area (Å²) in [6, 6.07) is 17.8. The van der Waals surface area contributed by atoms with Gasteiger partial charge in [-0.15, -0.1) is 0 Å². The molecule has 27 heavy (non-hydrogen) atoms. The van der Waals surface area contributed by atoms with Crippen molar-refractivity contribution in [3.05, 3.63) is 71.2 Å². The van der Waals surface area contributed by atoms with E-state index in [0.29, 0.717) is 16.5 Å². The molecule has 0 spiro atoms. The van der Waals surface area contributed by atoms with Crippen molar-refractivity contribution in [3.63, 3.8) is 0 Å². The van der Waals surface area contributed by atoms with Gasteiger partial charge in [-0.3, -0.25) is 4.79 Å². The molecule has 0 heterocycles. The molecule has 0 aliphatic carbocycles. The third kappa shape index (κ3) is 4.38. The molecule has 0 saturated heterocycles. The number of ether oxygens (including phenoxy) is 2. The summed E-state index contributed by atoms with van der Waals surface area (Å²) in [7, 11) is 1.48. The first-order valence-electron chi connectivity index (χ1n) is 8.32. The number of carbonyl (C=O) groups is 2. The molecule has 1 unspecified atom stereocenters. The van der Waals surface area contributed by atoms with Crippen LogP contribution in [0.2, 0.25) is 5.02 Å². The van der Waals surface area contributed by atoms with Crippen LogP contribution in [0.5, 0.6) is 5.75 Å². The highest BCUT2D eigenvalue weighted by atomic mass is 35.5. The number of methoxy groups -OCH3 is 1. The highest BCUT2D eigenvalue weighted by Gasteiger charge is 2.22. The SMILES string of the molecule is COc1cc2ccccc2cc1C(=O)OC(C)C(=O)Nc1cccc(Cl)c1. The standard InChI is InChI=1S/C21H18ClNO4/c1-13(20(24)23-17-9-5-8-16(22)12-17)27-21(25)18-10-14-6-3-4-7-15(14)11-19(18)26-2/h3-13H,1-2H3,(H,23,24). The molecule has 0 aliphatic heterocycles.